The molecule has 5 nitrogen and oxygen atoms in total. The molecule has 1 fully saturated rings. The van der Waals surface area contributed by atoms with Crippen molar-refractivity contribution in [3.8, 4) is 0 Å². The van der Waals surface area contributed by atoms with Crippen molar-refractivity contribution in [1.29, 1.82) is 0 Å². The maximum atomic E-state index is 13.5. The van der Waals surface area contributed by atoms with E-state index in [0.29, 0.717) is 30.6 Å². The average Bonchev–Trinajstić information content (AvgIpc) is 2.81. The first kappa shape index (κ1) is 24.5. The zero-order valence-corrected chi connectivity index (χ0v) is 19.6. The molecule has 2 aliphatic heterocycles. The molecule has 0 aromatic heterocycles. The van der Waals surface area contributed by atoms with E-state index in [1.54, 1.807) is 0 Å². The van der Waals surface area contributed by atoms with Crippen molar-refractivity contribution in [2.24, 2.45) is 5.92 Å². The summed E-state index contributed by atoms with van der Waals surface area (Å²) in [5, 5.41) is 6.38. The van der Waals surface area contributed by atoms with Crippen LogP contribution in [0, 0.1) is 5.92 Å². The number of hydrogen-bond acceptors (Lipinski definition) is 4. The molecular formula is C26H32F3N3O2. The van der Waals surface area contributed by atoms with E-state index in [1.807, 2.05) is 49.3 Å². The molecule has 2 aromatic rings. The van der Waals surface area contributed by atoms with Crippen LogP contribution in [0.25, 0.3) is 0 Å². The van der Waals surface area contributed by atoms with Gasteiger partial charge in [0.15, 0.2) is 0 Å². The Kier molecular flexibility index (Phi) is 7.48. The van der Waals surface area contributed by atoms with Gasteiger partial charge in [0.05, 0.1) is 23.8 Å². The van der Waals surface area contributed by atoms with E-state index in [0.717, 1.165) is 31.0 Å². The lowest BCUT2D eigenvalue weighted by Crippen LogP contribution is -2.39. The highest BCUT2D eigenvalue weighted by Crippen LogP contribution is 2.51. The predicted octanol–water partition coefficient (Wildman–Crippen LogP) is 5.17. The molecule has 0 radical (unpaired) electrons. The maximum Gasteiger partial charge on any atom is 0.416 e. The van der Waals surface area contributed by atoms with Gasteiger partial charge in [0.1, 0.15) is 0 Å². The summed E-state index contributed by atoms with van der Waals surface area (Å²) in [5.74, 6) is -0.0247. The van der Waals surface area contributed by atoms with E-state index < -0.39 is 17.8 Å². The predicted molar refractivity (Wildman–Crippen MR) is 125 cm³/mol. The molecule has 4 rings (SSSR count). The van der Waals surface area contributed by atoms with Crippen molar-refractivity contribution >= 4 is 11.6 Å². The Balaban J connectivity index is 1.52. The summed E-state index contributed by atoms with van der Waals surface area (Å²) >= 11 is 0. The zero-order valence-electron chi connectivity index (χ0n) is 19.6. The molecule has 1 amide bonds. The van der Waals surface area contributed by atoms with Crippen LogP contribution < -0.4 is 10.6 Å². The molecule has 2 N–H and O–H groups in total. The number of carbonyl (C=O) groups excluding carboxylic acids is 1. The van der Waals surface area contributed by atoms with Crippen LogP contribution in [0.4, 0.5) is 18.9 Å². The number of anilines is 1. The van der Waals surface area contributed by atoms with E-state index in [1.165, 1.54) is 12.1 Å². The van der Waals surface area contributed by atoms with Crippen LogP contribution in [0.5, 0.6) is 0 Å². The number of nitrogens with zero attached hydrogens (tertiary/aromatic N) is 1. The van der Waals surface area contributed by atoms with Crippen molar-refractivity contribution in [3.63, 3.8) is 0 Å². The number of rotatable bonds is 7. The van der Waals surface area contributed by atoms with Crippen LogP contribution in [0.2, 0.25) is 0 Å². The third kappa shape index (κ3) is 5.73. The van der Waals surface area contributed by atoms with Crippen LogP contribution in [0.3, 0.4) is 0 Å². The molecule has 0 bridgehead atoms. The number of benzene rings is 2. The van der Waals surface area contributed by atoms with Gasteiger partial charge in [0, 0.05) is 36.7 Å². The quantitative estimate of drug-likeness (QED) is 0.581. The molecule has 2 heterocycles. The van der Waals surface area contributed by atoms with E-state index >= 15 is 0 Å². The van der Waals surface area contributed by atoms with E-state index in [2.05, 4.69) is 10.6 Å². The summed E-state index contributed by atoms with van der Waals surface area (Å²) in [6, 6.07) is 13.8. The SMILES string of the molecule is CN(C)CCNC(=O)CC[C@H]1CC[C@H]2[C@@H](c3ccccc3)Nc3ccc(C(F)(F)F)cc3[C@H]2O1. The van der Waals surface area contributed by atoms with Crippen molar-refractivity contribution in [1.82, 2.24) is 10.2 Å². The Labute approximate surface area is 198 Å². The molecule has 2 aliphatic rings. The first-order chi connectivity index (χ1) is 16.2. The number of fused-ring (bicyclic) bond motifs is 3. The number of carbonyl (C=O) groups is 1. The van der Waals surface area contributed by atoms with Crippen molar-refractivity contribution in [2.45, 2.75) is 50.1 Å². The Bertz CT molecular complexity index is 981. The minimum absolute atomic E-state index is 0.00329. The van der Waals surface area contributed by atoms with Crippen LogP contribution in [0.1, 0.15) is 54.5 Å². The van der Waals surface area contributed by atoms with E-state index in [-0.39, 0.29) is 24.0 Å². The minimum Gasteiger partial charge on any atom is -0.378 e. The second-order valence-corrected chi connectivity index (χ2v) is 9.44. The highest BCUT2D eigenvalue weighted by Gasteiger charge is 2.43. The Morgan fingerprint density at radius 3 is 2.62 bits per heavy atom. The van der Waals surface area contributed by atoms with Crippen molar-refractivity contribution in [3.05, 3.63) is 65.2 Å². The monoisotopic (exact) mass is 475 g/mol. The maximum absolute atomic E-state index is 13.5. The van der Waals surface area contributed by atoms with Gasteiger partial charge in [-0.1, -0.05) is 30.3 Å². The number of halogens is 3. The number of alkyl halides is 3. The molecule has 4 atom stereocenters. The van der Waals surface area contributed by atoms with Gasteiger partial charge >= 0.3 is 6.18 Å². The highest BCUT2D eigenvalue weighted by molar-refractivity contribution is 5.75. The normalized spacial score (nSPS) is 24.2. The molecule has 0 unspecified atom stereocenters. The molecule has 2 aromatic carbocycles. The topological polar surface area (TPSA) is 53.6 Å². The fourth-order valence-corrected chi connectivity index (χ4v) is 4.93. The molecule has 34 heavy (non-hydrogen) atoms. The van der Waals surface area contributed by atoms with E-state index in [4.69, 9.17) is 4.74 Å². The second-order valence-electron chi connectivity index (χ2n) is 9.44. The second kappa shape index (κ2) is 10.4. The lowest BCUT2D eigenvalue weighted by atomic mass is 9.76. The fraction of sp³-hybridized carbons (Fsp3) is 0.500. The molecule has 0 spiro atoms. The van der Waals surface area contributed by atoms with Crippen molar-refractivity contribution < 1.29 is 22.7 Å². The lowest BCUT2D eigenvalue weighted by Gasteiger charge is -2.46. The molecular weight excluding hydrogens is 443 g/mol. The Morgan fingerprint density at radius 2 is 1.91 bits per heavy atom. The van der Waals surface area contributed by atoms with E-state index in [9.17, 15) is 18.0 Å². The van der Waals surface area contributed by atoms with Crippen LogP contribution in [-0.2, 0) is 15.7 Å². The smallest absolute Gasteiger partial charge is 0.378 e. The fourth-order valence-electron chi connectivity index (χ4n) is 4.93. The van der Waals surface area contributed by atoms with Gasteiger partial charge < -0.3 is 20.3 Å². The number of hydrogen-bond donors (Lipinski definition) is 2. The first-order valence-corrected chi connectivity index (χ1v) is 11.8. The zero-order chi connectivity index (χ0) is 24.3. The van der Waals surface area contributed by atoms with Gasteiger partial charge in [-0.2, -0.15) is 13.2 Å². The summed E-state index contributed by atoms with van der Waals surface area (Å²) in [5.41, 5.74) is 1.64. The summed E-state index contributed by atoms with van der Waals surface area (Å²) < 4.78 is 46.8. The number of likely N-dealkylation sites (N-methyl/N-ethyl adjacent to an activating group) is 1. The number of amides is 1. The third-order valence-corrected chi connectivity index (χ3v) is 6.71. The molecule has 184 valence electrons. The average molecular weight is 476 g/mol. The Hall–Kier alpha value is -2.58. The van der Waals surface area contributed by atoms with Gasteiger partial charge in [-0.05, 0) is 57.1 Å². The van der Waals surface area contributed by atoms with Crippen molar-refractivity contribution in [2.75, 3.05) is 32.5 Å². The lowest BCUT2D eigenvalue weighted by molar-refractivity contribution is -0.138. The summed E-state index contributed by atoms with van der Waals surface area (Å²) in [7, 11) is 3.89. The van der Waals surface area contributed by atoms with Gasteiger partial charge in [0.25, 0.3) is 0 Å². The summed E-state index contributed by atoms with van der Waals surface area (Å²) in [6.45, 7) is 1.35. The van der Waals surface area contributed by atoms with Crippen LogP contribution in [0.15, 0.2) is 48.5 Å². The standard InChI is InChI=1S/C26H32F3N3O2/c1-32(2)15-14-30-23(33)13-10-19-9-11-20-24(17-6-4-3-5-7-17)31-22-12-8-18(26(27,28)29)16-21(22)25(20)34-19/h3-8,12,16,19-20,24-25,31H,9-11,13-15H2,1-2H3,(H,30,33)/t19-,20+,24-,25+/m1/s1. The highest BCUT2D eigenvalue weighted by atomic mass is 19.4. The third-order valence-electron chi connectivity index (χ3n) is 6.71. The van der Waals surface area contributed by atoms with Gasteiger partial charge in [0.2, 0.25) is 5.91 Å². The summed E-state index contributed by atoms with van der Waals surface area (Å²) in [4.78, 5) is 14.2. The largest absolute Gasteiger partial charge is 0.416 e. The van der Waals surface area contributed by atoms with Gasteiger partial charge in [-0.25, -0.2) is 0 Å². The molecule has 1 saturated heterocycles. The van der Waals surface area contributed by atoms with Crippen LogP contribution in [-0.4, -0.2) is 44.1 Å². The Morgan fingerprint density at radius 1 is 1.15 bits per heavy atom. The molecule has 0 aliphatic carbocycles. The van der Waals surface area contributed by atoms with Gasteiger partial charge in [-0.15, -0.1) is 0 Å². The molecule has 8 heteroatoms. The first-order valence-electron chi connectivity index (χ1n) is 11.8. The number of nitrogens with one attached hydrogen (secondary N) is 2. The van der Waals surface area contributed by atoms with Gasteiger partial charge in [-0.3, -0.25) is 4.79 Å². The minimum atomic E-state index is -4.42. The number of ether oxygens (including phenoxy) is 1. The van der Waals surface area contributed by atoms with Crippen LogP contribution >= 0.6 is 0 Å². The molecule has 0 saturated carbocycles. The summed E-state index contributed by atoms with van der Waals surface area (Å²) in [6.07, 6.45) is -2.58.